The number of aromatic carboxylic acids is 1. The van der Waals surface area contributed by atoms with E-state index in [1.54, 1.807) is 19.2 Å². The Labute approximate surface area is 199 Å². The van der Waals surface area contributed by atoms with Crippen molar-refractivity contribution in [1.29, 1.82) is 0 Å². The highest BCUT2D eigenvalue weighted by Crippen LogP contribution is 2.41. The Balaban J connectivity index is 2.01. The van der Waals surface area contributed by atoms with Gasteiger partial charge in [0.05, 0.1) is 16.2 Å². The number of aromatic hydroxyl groups is 1. The number of aliphatic imine (C=N–C) groups is 1. The fraction of sp³-hybridized carbons (Fsp3) is 0.346. The molecule has 33 heavy (non-hydrogen) atoms. The zero-order valence-electron chi connectivity index (χ0n) is 20.1. The number of carboxylic acids is 1. The van der Waals surface area contributed by atoms with Gasteiger partial charge >= 0.3 is 5.97 Å². The van der Waals surface area contributed by atoms with Gasteiger partial charge in [0.15, 0.2) is 5.17 Å². The lowest BCUT2D eigenvalue weighted by atomic mass is 9.78. The second kappa shape index (κ2) is 8.71. The van der Waals surface area contributed by atoms with E-state index in [2.05, 4.69) is 46.5 Å². The van der Waals surface area contributed by atoms with Gasteiger partial charge in [-0.15, -0.1) is 0 Å². The van der Waals surface area contributed by atoms with Gasteiger partial charge in [0.1, 0.15) is 5.75 Å². The van der Waals surface area contributed by atoms with E-state index in [-0.39, 0.29) is 22.3 Å². The molecule has 1 amide bonds. The lowest BCUT2D eigenvalue weighted by Crippen LogP contribution is -2.23. The Morgan fingerprint density at radius 2 is 1.52 bits per heavy atom. The molecule has 2 aromatic carbocycles. The highest BCUT2D eigenvalue weighted by Gasteiger charge is 2.31. The molecule has 0 saturated carbocycles. The van der Waals surface area contributed by atoms with Gasteiger partial charge in [-0.25, -0.2) is 9.79 Å². The van der Waals surface area contributed by atoms with Crippen molar-refractivity contribution in [1.82, 2.24) is 4.90 Å². The van der Waals surface area contributed by atoms with Crippen molar-refractivity contribution in [3.05, 3.63) is 63.6 Å². The molecule has 0 atom stereocenters. The summed E-state index contributed by atoms with van der Waals surface area (Å²) >= 11 is 1.27. The maximum absolute atomic E-state index is 12.9. The molecule has 1 saturated heterocycles. The average molecular weight is 467 g/mol. The quantitative estimate of drug-likeness (QED) is 0.548. The van der Waals surface area contributed by atoms with Crippen LogP contribution in [0.25, 0.3) is 6.08 Å². The van der Waals surface area contributed by atoms with Crippen molar-refractivity contribution in [2.75, 3.05) is 7.05 Å². The molecule has 174 valence electrons. The smallest absolute Gasteiger partial charge is 0.335 e. The van der Waals surface area contributed by atoms with Crippen LogP contribution in [0.4, 0.5) is 5.69 Å². The molecule has 0 radical (unpaired) electrons. The molecule has 0 unspecified atom stereocenters. The normalized spacial score (nSPS) is 17.3. The van der Waals surface area contributed by atoms with Crippen molar-refractivity contribution in [3.63, 3.8) is 0 Å². The summed E-state index contributed by atoms with van der Waals surface area (Å²) in [6.45, 7) is 12.3. The highest BCUT2D eigenvalue weighted by atomic mass is 32.2. The second-order valence-electron chi connectivity index (χ2n) is 10.2. The van der Waals surface area contributed by atoms with Crippen molar-refractivity contribution in [2.24, 2.45) is 4.99 Å². The number of amidine groups is 1. The molecule has 2 N–H and O–H groups in total. The van der Waals surface area contributed by atoms with E-state index in [0.29, 0.717) is 21.5 Å². The summed E-state index contributed by atoms with van der Waals surface area (Å²) in [5.74, 6) is -0.865. The third-order valence-electron chi connectivity index (χ3n) is 5.39. The summed E-state index contributed by atoms with van der Waals surface area (Å²) in [6, 6.07) is 10.1. The van der Waals surface area contributed by atoms with E-state index in [1.807, 2.05) is 18.2 Å². The molecule has 0 aliphatic carbocycles. The molecule has 1 heterocycles. The van der Waals surface area contributed by atoms with Crippen LogP contribution < -0.4 is 0 Å². The third-order valence-corrected chi connectivity index (χ3v) is 6.45. The number of likely N-dealkylation sites (N-methyl/N-ethyl adjacent to an activating group) is 1. The zero-order chi connectivity index (χ0) is 24.7. The van der Waals surface area contributed by atoms with Gasteiger partial charge in [0, 0.05) is 18.2 Å². The van der Waals surface area contributed by atoms with Crippen LogP contribution in [-0.4, -0.2) is 39.2 Å². The van der Waals surface area contributed by atoms with E-state index in [9.17, 15) is 14.7 Å². The topological polar surface area (TPSA) is 90.2 Å². The lowest BCUT2D eigenvalue weighted by Gasteiger charge is -2.28. The molecule has 0 bridgehead atoms. The fourth-order valence-corrected chi connectivity index (χ4v) is 4.46. The summed E-state index contributed by atoms with van der Waals surface area (Å²) in [7, 11) is 1.67. The van der Waals surface area contributed by atoms with Crippen LogP contribution in [0.2, 0.25) is 0 Å². The summed E-state index contributed by atoms with van der Waals surface area (Å²) in [5.41, 5.74) is 2.72. The maximum atomic E-state index is 12.9. The molecule has 1 fully saturated rings. The molecule has 3 rings (SSSR count). The summed E-state index contributed by atoms with van der Waals surface area (Å²) in [6.07, 6.45) is 1.84. The Kier molecular flexibility index (Phi) is 6.48. The van der Waals surface area contributed by atoms with E-state index in [1.165, 1.54) is 28.8 Å². The first kappa shape index (κ1) is 24.6. The lowest BCUT2D eigenvalue weighted by molar-refractivity contribution is -0.121. The van der Waals surface area contributed by atoms with Crippen LogP contribution in [0.3, 0.4) is 0 Å². The number of carboxylic acid groups (broad SMARTS) is 1. The zero-order valence-corrected chi connectivity index (χ0v) is 20.9. The van der Waals surface area contributed by atoms with Gasteiger partial charge < -0.3 is 10.2 Å². The summed E-state index contributed by atoms with van der Waals surface area (Å²) in [5, 5.41) is 20.5. The predicted molar refractivity (Wildman–Crippen MR) is 134 cm³/mol. The van der Waals surface area contributed by atoms with E-state index in [0.717, 1.165) is 16.7 Å². The number of phenols is 1. The maximum Gasteiger partial charge on any atom is 0.335 e. The van der Waals surface area contributed by atoms with Crippen molar-refractivity contribution >= 4 is 40.6 Å². The summed E-state index contributed by atoms with van der Waals surface area (Å²) < 4.78 is 0. The Morgan fingerprint density at radius 3 is 1.97 bits per heavy atom. The molecule has 1 aliphatic rings. The van der Waals surface area contributed by atoms with Crippen LogP contribution in [0.15, 0.2) is 46.3 Å². The number of carbonyl (C=O) groups is 2. The van der Waals surface area contributed by atoms with Gasteiger partial charge in [-0.3, -0.25) is 9.69 Å². The Bertz CT molecular complexity index is 1130. The van der Waals surface area contributed by atoms with Crippen LogP contribution >= 0.6 is 11.8 Å². The first-order valence-electron chi connectivity index (χ1n) is 10.7. The minimum atomic E-state index is -1.000. The number of phenolic OH excluding ortho intramolecular Hbond substituents is 1. The number of thioether (sulfide) groups is 1. The average Bonchev–Trinajstić information content (AvgIpc) is 2.95. The largest absolute Gasteiger partial charge is 0.507 e. The number of hydrogen-bond donors (Lipinski definition) is 2. The van der Waals surface area contributed by atoms with Gasteiger partial charge in [-0.05, 0) is 70.6 Å². The van der Waals surface area contributed by atoms with Crippen LogP contribution in [-0.2, 0) is 15.6 Å². The number of benzene rings is 2. The van der Waals surface area contributed by atoms with Crippen LogP contribution in [0.5, 0.6) is 5.75 Å². The molecular weight excluding hydrogens is 436 g/mol. The Morgan fingerprint density at radius 1 is 1.00 bits per heavy atom. The molecule has 7 heteroatoms. The highest BCUT2D eigenvalue weighted by molar-refractivity contribution is 8.18. The number of amides is 1. The second-order valence-corrected chi connectivity index (χ2v) is 11.2. The van der Waals surface area contributed by atoms with Crippen LogP contribution in [0, 0.1) is 0 Å². The minimum Gasteiger partial charge on any atom is -0.507 e. The molecule has 6 nitrogen and oxygen atoms in total. The van der Waals surface area contributed by atoms with Gasteiger partial charge in [0.2, 0.25) is 0 Å². The number of carbonyl (C=O) groups excluding carboxylic acids is 1. The van der Waals surface area contributed by atoms with Crippen LogP contribution in [0.1, 0.15) is 68.6 Å². The van der Waals surface area contributed by atoms with Crippen molar-refractivity contribution in [2.45, 2.75) is 52.4 Å². The van der Waals surface area contributed by atoms with Gasteiger partial charge in [-0.1, -0.05) is 41.5 Å². The molecule has 1 aliphatic heterocycles. The molecular formula is C26H30N2O4S. The van der Waals surface area contributed by atoms with Gasteiger partial charge in [0.25, 0.3) is 5.91 Å². The van der Waals surface area contributed by atoms with Crippen molar-refractivity contribution < 1.29 is 19.8 Å². The van der Waals surface area contributed by atoms with Crippen molar-refractivity contribution in [3.8, 4) is 5.75 Å². The minimum absolute atomic E-state index is 0.163. The molecule has 0 spiro atoms. The first-order chi connectivity index (χ1) is 15.2. The van der Waals surface area contributed by atoms with E-state index in [4.69, 9.17) is 5.11 Å². The number of nitrogens with zero attached hydrogens (tertiary/aromatic N) is 2. The van der Waals surface area contributed by atoms with E-state index < -0.39 is 5.97 Å². The predicted octanol–water partition coefficient (Wildman–Crippen LogP) is 5.92. The van der Waals surface area contributed by atoms with E-state index >= 15 is 0 Å². The number of rotatable bonds is 3. The standard InChI is InChI=1S/C26H30N2O4S/c1-25(2,3)18-12-15(13-19(21(18)29)26(4,5)6)14-20-22(30)28(7)24(33-20)27-17-10-8-16(9-11-17)23(31)32/h8-14,29H,1-7H3,(H,31,32)/b20-14-,27-24?. The number of hydrogen-bond acceptors (Lipinski definition) is 5. The van der Waals surface area contributed by atoms with Gasteiger partial charge in [-0.2, -0.15) is 0 Å². The first-order valence-corrected chi connectivity index (χ1v) is 11.5. The molecule has 2 aromatic rings. The summed E-state index contributed by atoms with van der Waals surface area (Å²) in [4.78, 5) is 30.5. The molecule has 0 aromatic heterocycles. The fourth-order valence-electron chi connectivity index (χ4n) is 3.48. The monoisotopic (exact) mass is 466 g/mol. The Hall–Kier alpha value is -3.06. The third kappa shape index (κ3) is 5.30. The SMILES string of the molecule is CN1C(=O)/C(=C/c2cc(C(C)(C)C)c(O)c(C(C)(C)C)c2)SC1=Nc1ccc(C(=O)O)cc1.